The van der Waals surface area contributed by atoms with E-state index in [1.165, 1.54) is 0 Å². The molecule has 0 bridgehead atoms. The number of rotatable bonds is 7. The van der Waals surface area contributed by atoms with E-state index in [0.717, 1.165) is 16.8 Å². The molecule has 4 aromatic rings. The Labute approximate surface area is 175 Å². The van der Waals surface area contributed by atoms with E-state index < -0.39 is 0 Å². The molecule has 0 aliphatic heterocycles. The normalized spacial score (nSPS) is 10.4. The highest BCUT2D eigenvalue weighted by Crippen LogP contribution is 2.25. The van der Waals surface area contributed by atoms with E-state index in [1.807, 2.05) is 66.7 Å². The second kappa shape index (κ2) is 9.43. The van der Waals surface area contributed by atoms with E-state index in [9.17, 15) is 4.79 Å². The molecule has 30 heavy (non-hydrogen) atoms. The number of carbonyl (C=O) groups is 1. The van der Waals surface area contributed by atoms with Crippen LogP contribution in [0.25, 0.3) is 0 Å². The van der Waals surface area contributed by atoms with E-state index in [0.29, 0.717) is 18.9 Å². The number of pyridine rings is 1. The van der Waals surface area contributed by atoms with E-state index >= 15 is 0 Å². The van der Waals surface area contributed by atoms with Crippen LogP contribution in [0.3, 0.4) is 0 Å². The van der Waals surface area contributed by atoms with Crippen molar-refractivity contribution in [2.75, 3.05) is 4.90 Å². The quantitative estimate of drug-likeness (QED) is 0.509. The van der Waals surface area contributed by atoms with Crippen molar-refractivity contribution in [1.82, 2.24) is 20.5 Å². The summed E-state index contributed by atoms with van der Waals surface area (Å²) < 4.78 is 0. The third-order valence-electron chi connectivity index (χ3n) is 4.59. The van der Waals surface area contributed by atoms with Gasteiger partial charge < -0.3 is 10.2 Å². The van der Waals surface area contributed by atoms with Crippen LogP contribution in [0.4, 0.5) is 11.5 Å². The summed E-state index contributed by atoms with van der Waals surface area (Å²) in [5.74, 6) is 0.404. The zero-order valence-corrected chi connectivity index (χ0v) is 16.3. The van der Waals surface area contributed by atoms with Gasteiger partial charge in [0.2, 0.25) is 0 Å². The Kier molecular flexibility index (Phi) is 6.05. The SMILES string of the molecule is O=C(NCc1cccnc1)c1ccc(N(Cc2ccccc2)c2ccccc2)nn1. The van der Waals surface area contributed by atoms with E-state index in [1.54, 1.807) is 18.5 Å². The number of amides is 1. The average molecular weight is 395 g/mol. The number of carbonyl (C=O) groups excluding carboxylic acids is 1. The fraction of sp³-hybridized carbons (Fsp3) is 0.0833. The first-order valence-corrected chi connectivity index (χ1v) is 9.67. The minimum Gasteiger partial charge on any atom is -0.347 e. The van der Waals surface area contributed by atoms with Crippen molar-refractivity contribution in [2.45, 2.75) is 13.1 Å². The predicted octanol–water partition coefficient (Wildman–Crippen LogP) is 4.14. The highest BCUT2D eigenvalue weighted by Gasteiger charge is 2.14. The van der Waals surface area contributed by atoms with Crippen LogP contribution in [0.2, 0.25) is 0 Å². The van der Waals surface area contributed by atoms with Crippen LogP contribution in [0.15, 0.2) is 97.3 Å². The van der Waals surface area contributed by atoms with Gasteiger partial charge >= 0.3 is 0 Å². The molecular formula is C24H21N5O. The molecule has 2 aromatic carbocycles. The molecule has 1 amide bonds. The lowest BCUT2D eigenvalue weighted by Crippen LogP contribution is -2.25. The lowest BCUT2D eigenvalue weighted by atomic mass is 10.2. The summed E-state index contributed by atoms with van der Waals surface area (Å²) in [6, 6.07) is 27.4. The van der Waals surface area contributed by atoms with E-state index in [4.69, 9.17) is 0 Å². The third kappa shape index (κ3) is 4.86. The summed E-state index contributed by atoms with van der Waals surface area (Å²) in [6.07, 6.45) is 3.42. The Hall–Kier alpha value is -4.06. The molecule has 0 aliphatic carbocycles. The summed E-state index contributed by atoms with van der Waals surface area (Å²) in [5, 5.41) is 11.3. The molecule has 2 heterocycles. The standard InChI is InChI=1S/C24H21N5O/c30-24(26-17-20-10-7-15-25-16-20)22-13-14-23(28-27-22)29(21-11-5-2-6-12-21)18-19-8-3-1-4-9-19/h1-16H,17-18H2,(H,26,30). The van der Waals surface area contributed by atoms with Crippen LogP contribution < -0.4 is 10.2 Å². The molecule has 4 rings (SSSR count). The van der Waals surface area contributed by atoms with Crippen LogP contribution in [0, 0.1) is 0 Å². The summed E-state index contributed by atoms with van der Waals surface area (Å²) in [7, 11) is 0. The zero-order valence-electron chi connectivity index (χ0n) is 16.3. The molecule has 6 heteroatoms. The average Bonchev–Trinajstić information content (AvgIpc) is 2.83. The van der Waals surface area contributed by atoms with E-state index in [2.05, 4.69) is 37.5 Å². The number of hydrogen-bond acceptors (Lipinski definition) is 5. The molecule has 6 nitrogen and oxygen atoms in total. The summed E-state index contributed by atoms with van der Waals surface area (Å²) in [5.41, 5.74) is 3.36. The Morgan fingerprint density at radius 1 is 0.800 bits per heavy atom. The van der Waals surface area contributed by atoms with Crippen molar-refractivity contribution in [3.63, 3.8) is 0 Å². The van der Waals surface area contributed by atoms with Gasteiger partial charge in [0.25, 0.3) is 5.91 Å². The number of nitrogens with zero attached hydrogens (tertiary/aromatic N) is 4. The second-order valence-electron chi connectivity index (χ2n) is 6.73. The monoisotopic (exact) mass is 395 g/mol. The van der Waals surface area contributed by atoms with Gasteiger partial charge in [-0.2, -0.15) is 0 Å². The first-order valence-electron chi connectivity index (χ1n) is 9.67. The number of nitrogens with one attached hydrogen (secondary N) is 1. The molecule has 148 valence electrons. The zero-order chi connectivity index (χ0) is 20.6. The summed E-state index contributed by atoms with van der Waals surface area (Å²) in [6.45, 7) is 1.03. The first kappa shape index (κ1) is 19.3. The van der Waals surface area contributed by atoms with Gasteiger partial charge in [-0.15, -0.1) is 10.2 Å². The molecule has 0 saturated heterocycles. The van der Waals surface area contributed by atoms with Gasteiger partial charge in [0, 0.05) is 31.2 Å². The van der Waals surface area contributed by atoms with Crippen LogP contribution >= 0.6 is 0 Å². The van der Waals surface area contributed by atoms with Crippen LogP contribution in [0.5, 0.6) is 0 Å². The summed E-state index contributed by atoms with van der Waals surface area (Å²) >= 11 is 0. The van der Waals surface area contributed by atoms with Gasteiger partial charge in [0.15, 0.2) is 11.5 Å². The van der Waals surface area contributed by atoms with Crippen molar-refractivity contribution in [3.05, 3.63) is 114 Å². The lowest BCUT2D eigenvalue weighted by molar-refractivity contribution is 0.0945. The molecule has 0 fully saturated rings. The second-order valence-corrected chi connectivity index (χ2v) is 6.73. The molecule has 0 spiro atoms. The fourth-order valence-corrected chi connectivity index (χ4v) is 3.04. The number of aromatic nitrogens is 3. The molecular weight excluding hydrogens is 374 g/mol. The van der Waals surface area contributed by atoms with Gasteiger partial charge in [-0.25, -0.2) is 0 Å². The molecule has 2 aromatic heterocycles. The van der Waals surface area contributed by atoms with Gasteiger partial charge in [0.1, 0.15) is 0 Å². The van der Waals surface area contributed by atoms with Crippen LogP contribution in [-0.2, 0) is 13.1 Å². The van der Waals surface area contributed by atoms with Gasteiger partial charge in [-0.3, -0.25) is 9.78 Å². The minimum absolute atomic E-state index is 0.271. The van der Waals surface area contributed by atoms with Crippen molar-refractivity contribution < 1.29 is 4.79 Å². The largest absolute Gasteiger partial charge is 0.347 e. The van der Waals surface area contributed by atoms with Gasteiger partial charge in [0.05, 0.1) is 0 Å². The molecule has 0 saturated carbocycles. The van der Waals surface area contributed by atoms with E-state index in [-0.39, 0.29) is 11.6 Å². The smallest absolute Gasteiger partial charge is 0.272 e. The van der Waals surface area contributed by atoms with Crippen molar-refractivity contribution in [1.29, 1.82) is 0 Å². The molecule has 0 aliphatic rings. The Bertz CT molecular complexity index is 1070. The molecule has 1 N–H and O–H groups in total. The number of benzene rings is 2. The maximum atomic E-state index is 12.4. The maximum absolute atomic E-state index is 12.4. The number of para-hydroxylation sites is 1. The number of anilines is 2. The van der Waals surface area contributed by atoms with Crippen molar-refractivity contribution in [3.8, 4) is 0 Å². The Morgan fingerprint density at radius 2 is 1.53 bits per heavy atom. The fourth-order valence-electron chi connectivity index (χ4n) is 3.04. The highest BCUT2D eigenvalue weighted by atomic mass is 16.1. The minimum atomic E-state index is -0.271. The predicted molar refractivity (Wildman–Crippen MR) is 116 cm³/mol. The Balaban J connectivity index is 1.51. The van der Waals surface area contributed by atoms with Crippen molar-refractivity contribution >= 4 is 17.4 Å². The Morgan fingerprint density at radius 3 is 2.20 bits per heavy atom. The maximum Gasteiger partial charge on any atom is 0.272 e. The van der Waals surface area contributed by atoms with Crippen LogP contribution in [-0.4, -0.2) is 21.1 Å². The topological polar surface area (TPSA) is 71.0 Å². The van der Waals surface area contributed by atoms with Gasteiger partial charge in [-0.1, -0.05) is 54.6 Å². The van der Waals surface area contributed by atoms with Gasteiger partial charge in [-0.05, 0) is 41.5 Å². The molecule has 0 unspecified atom stereocenters. The summed E-state index contributed by atoms with van der Waals surface area (Å²) in [4.78, 5) is 18.5. The van der Waals surface area contributed by atoms with Crippen LogP contribution in [0.1, 0.15) is 21.6 Å². The third-order valence-corrected chi connectivity index (χ3v) is 4.59. The number of hydrogen-bond donors (Lipinski definition) is 1. The first-order chi connectivity index (χ1) is 14.8. The highest BCUT2D eigenvalue weighted by molar-refractivity contribution is 5.92. The lowest BCUT2D eigenvalue weighted by Gasteiger charge is -2.23. The molecule has 0 atom stereocenters. The molecule has 0 radical (unpaired) electrons. The van der Waals surface area contributed by atoms with Crippen molar-refractivity contribution in [2.24, 2.45) is 0 Å².